The summed E-state index contributed by atoms with van der Waals surface area (Å²) in [5.74, 6) is -1.81. The second-order valence-electron chi connectivity index (χ2n) is 8.77. The van der Waals surface area contributed by atoms with Gasteiger partial charge >= 0.3 is 5.91 Å². The predicted molar refractivity (Wildman–Crippen MR) is 151 cm³/mol. The van der Waals surface area contributed by atoms with Gasteiger partial charge in [0.05, 0.1) is 11.6 Å². The van der Waals surface area contributed by atoms with Crippen molar-refractivity contribution in [3.05, 3.63) is 110 Å². The molecular weight excluding hydrogens is 589 g/mol. The van der Waals surface area contributed by atoms with E-state index in [-0.39, 0.29) is 22.3 Å². The molecule has 1 amide bonds. The number of Topliss-reactive ketones (excluding diaryl/α,β-unsaturated/α-hetero) is 1. The number of carbonyl (C=O) groups is 2. The number of aromatic nitrogens is 2. The molecule has 1 unspecified atom stereocenters. The molecular formula is C28H21BrFN3O3S2. The molecule has 192 valence electrons. The van der Waals surface area contributed by atoms with E-state index in [1.165, 1.54) is 22.7 Å². The van der Waals surface area contributed by atoms with Gasteiger partial charge in [0.25, 0.3) is 5.78 Å². The summed E-state index contributed by atoms with van der Waals surface area (Å²) in [6.07, 6.45) is 0. The number of halogens is 2. The van der Waals surface area contributed by atoms with Crippen molar-refractivity contribution in [2.75, 3.05) is 4.90 Å². The number of aliphatic hydroxyl groups is 1. The van der Waals surface area contributed by atoms with Crippen molar-refractivity contribution in [3.8, 4) is 0 Å². The first kappa shape index (κ1) is 26.3. The highest BCUT2D eigenvalue weighted by Gasteiger charge is 2.48. The van der Waals surface area contributed by atoms with Crippen molar-refractivity contribution in [1.29, 1.82) is 0 Å². The van der Waals surface area contributed by atoms with Gasteiger partial charge in [-0.1, -0.05) is 87.1 Å². The highest BCUT2D eigenvalue weighted by Crippen LogP contribution is 2.44. The van der Waals surface area contributed by atoms with Crippen LogP contribution < -0.4 is 4.90 Å². The minimum atomic E-state index is -0.902. The van der Waals surface area contributed by atoms with Crippen LogP contribution >= 0.6 is 39.0 Å². The molecule has 38 heavy (non-hydrogen) atoms. The van der Waals surface area contributed by atoms with Crippen LogP contribution in [0, 0.1) is 19.7 Å². The van der Waals surface area contributed by atoms with Gasteiger partial charge in [0.1, 0.15) is 11.6 Å². The Morgan fingerprint density at radius 1 is 1.08 bits per heavy atom. The standard InChI is InChI=1S/C28H21BrFN3O3S2/c1-15-7-8-16(2)20(13-15)24(34)22-23(17-9-11-19(29)12-10-17)33(26(36)25(22)35)27-31-32-28(38-27)37-14-18-5-3-4-6-21(18)30/h3-13,23,34H,14H2,1-2H3/b24-22+. The van der Waals surface area contributed by atoms with Crippen molar-refractivity contribution in [2.24, 2.45) is 0 Å². The number of rotatable bonds is 6. The van der Waals surface area contributed by atoms with Crippen LogP contribution in [0.4, 0.5) is 9.52 Å². The molecule has 6 nitrogen and oxygen atoms in total. The Morgan fingerprint density at radius 2 is 1.82 bits per heavy atom. The second-order valence-corrected chi connectivity index (χ2v) is 11.9. The average molecular weight is 611 g/mol. The van der Waals surface area contributed by atoms with Gasteiger partial charge in [0.2, 0.25) is 5.13 Å². The van der Waals surface area contributed by atoms with Crippen molar-refractivity contribution < 1.29 is 19.1 Å². The van der Waals surface area contributed by atoms with E-state index in [0.717, 1.165) is 26.9 Å². The van der Waals surface area contributed by atoms with Gasteiger partial charge in [-0.05, 0) is 54.8 Å². The van der Waals surface area contributed by atoms with Crippen LogP contribution in [0.3, 0.4) is 0 Å². The largest absolute Gasteiger partial charge is 0.507 e. The van der Waals surface area contributed by atoms with E-state index < -0.39 is 17.7 Å². The number of amides is 1. The molecule has 1 aromatic heterocycles. The van der Waals surface area contributed by atoms with Crippen LogP contribution in [0.15, 0.2) is 81.1 Å². The van der Waals surface area contributed by atoms with Crippen LogP contribution in [-0.4, -0.2) is 27.0 Å². The zero-order valence-electron chi connectivity index (χ0n) is 20.3. The molecule has 1 aliphatic rings. The number of benzene rings is 3. The number of ketones is 1. The van der Waals surface area contributed by atoms with Crippen LogP contribution in [-0.2, 0) is 15.3 Å². The maximum Gasteiger partial charge on any atom is 0.301 e. The van der Waals surface area contributed by atoms with Crippen LogP contribution in [0.25, 0.3) is 5.76 Å². The van der Waals surface area contributed by atoms with E-state index in [0.29, 0.717) is 26.8 Å². The fourth-order valence-corrected chi connectivity index (χ4v) is 6.36. The van der Waals surface area contributed by atoms with Crippen LogP contribution in [0.2, 0.25) is 0 Å². The Hall–Kier alpha value is -3.34. The fourth-order valence-electron chi connectivity index (χ4n) is 4.24. The number of aryl methyl sites for hydroxylation is 2. The molecule has 0 spiro atoms. The normalized spacial score (nSPS) is 16.8. The lowest BCUT2D eigenvalue weighted by Gasteiger charge is -2.22. The van der Waals surface area contributed by atoms with Crippen LogP contribution in [0.5, 0.6) is 0 Å². The Balaban J connectivity index is 1.57. The quantitative estimate of drug-likeness (QED) is 0.0835. The Kier molecular flexibility index (Phi) is 7.47. The maximum absolute atomic E-state index is 14.0. The van der Waals surface area contributed by atoms with E-state index in [2.05, 4.69) is 26.1 Å². The summed E-state index contributed by atoms with van der Waals surface area (Å²) in [6.45, 7) is 3.73. The summed E-state index contributed by atoms with van der Waals surface area (Å²) in [6, 6.07) is 18.3. The summed E-state index contributed by atoms with van der Waals surface area (Å²) >= 11 is 5.85. The third-order valence-electron chi connectivity index (χ3n) is 6.19. The number of aliphatic hydroxyl groups excluding tert-OH is 1. The summed E-state index contributed by atoms with van der Waals surface area (Å²) in [4.78, 5) is 28.1. The minimum absolute atomic E-state index is 0.0122. The molecule has 3 aromatic carbocycles. The average Bonchev–Trinajstić information content (AvgIpc) is 3.47. The predicted octanol–water partition coefficient (Wildman–Crippen LogP) is 6.98. The van der Waals surface area contributed by atoms with Gasteiger partial charge in [0, 0.05) is 15.8 Å². The summed E-state index contributed by atoms with van der Waals surface area (Å²) in [5, 5.41) is 20.0. The van der Waals surface area contributed by atoms with Crippen molar-refractivity contribution in [1.82, 2.24) is 10.2 Å². The number of thioether (sulfide) groups is 1. The fraction of sp³-hybridized carbons (Fsp3) is 0.143. The molecule has 0 radical (unpaired) electrons. The molecule has 1 aliphatic heterocycles. The summed E-state index contributed by atoms with van der Waals surface area (Å²) in [5.41, 5.74) is 3.32. The topological polar surface area (TPSA) is 83.4 Å². The Bertz CT molecular complexity index is 1590. The van der Waals surface area contributed by atoms with E-state index in [1.807, 2.05) is 38.1 Å². The molecule has 1 saturated heterocycles. The number of hydrogen-bond acceptors (Lipinski definition) is 7. The highest BCUT2D eigenvalue weighted by atomic mass is 79.9. The monoisotopic (exact) mass is 609 g/mol. The Morgan fingerprint density at radius 3 is 2.55 bits per heavy atom. The summed E-state index contributed by atoms with van der Waals surface area (Å²) in [7, 11) is 0. The molecule has 5 rings (SSSR count). The van der Waals surface area contributed by atoms with Gasteiger partial charge in [-0.15, -0.1) is 10.2 Å². The van der Waals surface area contributed by atoms with E-state index in [9.17, 15) is 19.1 Å². The minimum Gasteiger partial charge on any atom is -0.507 e. The Labute approximate surface area is 235 Å². The SMILES string of the molecule is Cc1ccc(C)c(/C(O)=C2\C(=O)C(=O)N(c3nnc(SCc4ccccc4F)s3)C2c2ccc(Br)cc2)c1. The molecule has 1 N–H and O–H groups in total. The first-order chi connectivity index (χ1) is 18.2. The number of carbonyl (C=O) groups excluding carboxylic acids is 2. The lowest BCUT2D eigenvalue weighted by atomic mass is 9.93. The summed E-state index contributed by atoms with van der Waals surface area (Å²) < 4.78 is 15.4. The lowest BCUT2D eigenvalue weighted by Crippen LogP contribution is -2.29. The van der Waals surface area contributed by atoms with E-state index in [1.54, 1.807) is 36.4 Å². The zero-order chi connectivity index (χ0) is 27.0. The smallest absolute Gasteiger partial charge is 0.301 e. The van der Waals surface area contributed by atoms with Crippen molar-refractivity contribution >= 4 is 61.6 Å². The molecule has 2 heterocycles. The lowest BCUT2D eigenvalue weighted by molar-refractivity contribution is -0.132. The first-order valence-corrected chi connectivity index (χ1v) is 14.2. The third-order valence-corrected chi connectivity index (χ3v) is 8.82. The highest BCUT2D eigenvalue weighted by molar-refractivity contribution is 9.10. The molecule has 10 heteroatoms. The molecule has 1 atom stereocenters. The van der Waals surface area contributed by atoms with Crippen molar-refractivity contribution in [3.63, 3.8) is 0 Å². The molecule has 0 saturated carbocycles. The zero-order valence-corrected chi connectivity index (χ0v) is 23.5. The second kappa shape index (κ2) is 10.8. The van der Waals surface area contributed by atoms with Gasteiger partial charge in [0.15, 0.2) is 4.34 Å². The van der Waals surface area contributed by atoms with Gasteiger partial charge in [-0.3, -0.25) is 14.5 Å². The van der Waals surface area contributed by atoms with E-state index in [4.69, 9.17) is 0 Å². The third kappa shape index (κ3) is 5.03. The number of anilines is 1. The van der Waals surface area contributed by atoms with Gasteiger partial charge in [-0.2, -0.15) is 0 Å². The molecule has 0 bridgehead atoms. The maximum atomic E-state index is 14.0. The molecule has 4 aromatic rings. The van der Waals surface area contributed by atoms with Crippen molar-refractivity contribution in [2.45, 2.75) is 30.0 Å². The number of hydrogen-bond donors (Lipinski definition) is 1. The first-order valence-electron chi connectivity index (χ1n) is 11.6. The molecule has 1 fully saturated rings. The van der Waals surface area contributed by atoms with Gasteiger partial charge < -0.3 is 5.11 Å². The number of nitrogens with zero attached hydrogens (tertiary/aromatic N) is 3. The van der Waals surface area contributed by atoms with Gasteiger partial charge in [-0.25, -0.2) is 4.39 Å². The van der Waals surface area contributed by atoms with E-state index >= 15 is 0 Å². The van der Waals surface area contributed by atoms with Crippen LogP contribution in [0.1, 0.15) is 33.9 Å². The molecule has 0 aliphatic carbocycles.